The number of amides is 1. The smallest absolute Gasteiger partial charge is 0.261 e. The van der Waals surface area contributed by atoms with Gasteiger partial charge in [0.2, 0.25) is 0 Å². The van der Waals surface area contributed by atoms with Gasteiger partial charge in [-0.05, 0) is 69.9 Å². The van der Waals surface area contributed by atoms with Gasteiger partial charge in [-0.15, -0.1) is 0 Å². The van der Waals surface area contributed by atoms with Gasteiger partial charge in [0, 0.05) is 10.0 Å². The molecular weight excluding hydrogens is 407 g/mol. The zero-order valence-electron chi connectivity index (χ0n) is 15.5. The van der Waals surface area contributed by atoms with Crippen LogP contribution >= 0.6 is 34.8 Å². The van der Waals surface area contributed by atoms with Crippen LogP contribution in [-0.4, -0.2) is 37.6 Å². The normalized spacial score (nSPS) is 13.3. The molecule has 0 saturated heterocycles. The Morgan fingerprint density at radius 2 is 1.70 bits per heavy atom. The third-order valence-electron chi connectivity index (χ3n) is 4.02. The molecule has 7 heteroatoms. The van der Waals surface area contributed by atoms with Crippen molar-refractivity contribution in [1.29, 1.82) is 0 Å². The number of hydrogen-bond donors (Lipinski definition) is 1. The number of rotatable bonds is 8. The van der Waals surface area contributed by atoms with Crippen molar-refractivity contribution < 1.29 is 9.53 Å². The van der Waals surface area contributed by atoms with Crippen LogP contribution in [0.25, 0.3) is 0 Å². The molecule has 0 radical (unpaired) electrons. The summed E-state index contributed by atoms with van der Waals surface area (Å²) in [5.74, 6) is 0.194. The molecule has 0 saturated carbocycles. The number of benzene rings is 2. The van der Waals surface area contributed by atoms with E-state index in [1.54, 1.807) is 25.1 Å². The number of nitrogens with zero attached hydrogens (tertiary/aromatic N) is 1. The second-order valence-electron chi connectivity index (χ2n) is 6.54. The summed E-state index contributed by atoms with van der Waals surface area (Å²) in [4.78, 5) is 14.7. The van der Waals surface area contributed by atoms with Crippen molar-refractivity contribution in [3.05, 3.63) is 63.1 Å². The summed E-state index contributed by atoms with van der Waals surface area (Å²) >= 11 is 18.0. The highest BCUT2D eigenvalue weighted by Gasteiger charge is 2.21. The number of carbonyl (C=O) groups is 1. The average Bonchev–Trinajstić information content (AvgIpc) is 2.61. The molecule has 0 spiro atoms. The fraction of sp³-hybridized carbons (Fsp3) is 0.350. The van der Waals surface area contributed by atoms with Crippen LogP contribution in [0.4, 0.5) is 0 Å². The molecule has 27 heavy (non-hydrogen) atoms. The molecular formula is C20H23Cl3N2O2. The first kappa shape index (κ1) is 21.8. The Bertz CT molecular complexity index is 766. The van der Waals surface area contributed by atoms with Crippen molar-refractivity contribution in [2.24, 2.45) is 0 Å². The molecule has 0 aromatic heterocycles. The van der Waals surface area contributed by atoms with Gasteiger partial charge in [0.15, 0.2) is 6.10 Å². The molecule has 2 atom stereocenters. The standard InChI is InChI=1S/C20H23Cl3N2O2/c1-13(27-19-9-8-16(22)12-17(19)23)20(26)24-18(10-11-25(2)3)14-4-6-15(21)7-5-14/h4-9,12-13,18H,10-11H2,1-3H3,(H,24,26). The second kappa shape index (κ2) is 10.2. The third-order valence-corrected chi connectivity index (χ3v) is 4.80. The summed E-state index contributed by atoms with van der Waals surface area (Å²) in [5, 5.41) is 4.59. The Balaban J connectivity index is 2.07. The van der Waals surface area contributed by atoms with Gasteiger partial charge in [-0.2, -0.15) is 0 Å². The highest BCUT2D eigenvalue weighted by Crippen LogP contribution is 2.28. The van der Waals surface area contributed by atoms with Gasteiger partial charge in [0.25, 0.3) is 5.91 Å². The van der Waals surface area contributed by atoms with E-state index in [-0.39, 0.29) is 11.9 Å². The molecule has 0 fully saturated rings. The average molecular weight is 430 g/mol. The van der Waals surface area contributed by atoms with Crippen molar-refractivity contribution in [3.8, 4) is 5.75 Å². The van der Waals surface area contributed by atoms with Crippen molar-refractivity contribution in [2.75, 3.05) is 20.6 Å². The van der Waals surface area contributed by atoms with E-state index in [9.17, 15) is 4.79 Å². The maximum absolute atomic E-state index is 12.7. The van der Waals surface area contributed by atoms with Crippen LogP contribution in [0.2, 0.25) is 15.1 Å². The molecule has 0 aliphatic carbocycles. The zero-order valence-corrected chi connectivity index (χ0v) is 17.8. The maximum Gasteiger partial charge on any atom is 0.261 e. The molecule has 2 unspecified atom stereocenters. The van der Waals surface area contributed by atoms with E-state index < -0.39 is 6.10 Å². The number of ether oxygens (including phenoxy) is 1. The van der Waals surface area contributed by atoms with E-state index in [1.165, 1.54) is 0 Å². The summed E-state index contributed by atoms with van der Waals surface area (Å²) in [7, 11) is 3.99. The quantitative estimate of drug-likeness (QED) is 0.625. The Morgan fingerprint density at radius 3 is 2.30 bits per heavy atom. The summed E-state index contributed by atoms with van der Waals surface area (Å²) in [6, 6.07) is 12.2. The van der Waals surface area contributed by atoms with Crippen molar-refractivity contribution >= 4 is 40.7 Å². The van der Waals surface area contributed by atoms with Crippen LogP contribution in [0, 0.1) is 0 Å². The lowest BCUT2D eigenvalue weighted by atomic mass is 10.0. The van der Waals surface area contributed by atoms with Gasteiger partial charge in [-0.3, -0.25) is 4.79 Å². The van der Waals surface area contributed by atoms with E-state index in [2.05, 4.69) is 10.2 Å². The van der Waals surface area contributed by atoms with Crippen LogP contribution in [0.15, 0.2) is 42.5 Å². The largest absolute Gasteiger partial charge is 0.479 e. The lowest BCUT2D eigenvalue weighted by Crippen LogP contribution is -2.39. The minimum atomic E-state index is -0.710. The molecule has 0 aliphatic heterocycles. The molecule has 2 rings (SSSR count). The molecule has 146 valence electrons. The van der Waals surface area contributed by atoms with Crippen LogP contribution < -0.4 is 10.1 Å². The highest BCUT2D eigenvalue weighted by atomic mass is 35.5. The molecule has 4 nitrogen and oxygen atoms in total. The lowest BCUT2D eigenvalue weighted by Gasteiger charge is -2.24. The molecule has 2 aromatic rings. The second-order valence-corrected chi connectivity index (χ2v) is 7.82. The van der Waals surface area contributed by atoms with Crippen LogP contribution in [0.3, 0.4) is 0 Å². The van der Waals surface area contributed by atoms with E-state index >= 15 is 0 Å². The van der Waals surface area contributed by atoms with Crippen LogP contribution in [0.1, 0.15) is 24.9 Å². The first-order valence-corrected chi connectivity index (χ1v) is 9.72. The number of nitrogens with one attached hydrogen (secondary N) is 1. The summed E-state index contributed by atoms with van der Waals surface area (Å²) in [5.41, 5.74) is 0.992. The van der Waals surface area contributed by atoms with Gasteiger partial charge >= 0.3 is 0 Å². The maximum atomic E-state index is 12.7. The minimum absolute atomic E-state index is 0.149. The minimum Gasteiger partial charge on any atom is -0.479 e. The van der Waals surface area contributed by atoms with Crippen molar-refractivity contribution in [1.82, 2.24) is 10.2 Å². The lowest BCUT2D eigenvalue weighted by molar-refractivity contribution is -0.128. The SMILES string of the molecule is CC(Oc1ccc(Cl)cc1Cl)C(=O)NC(CCN(C)C)c1ccc(Cl)cc1. The van der Waals surface area contributed by atoms with Gasteiger partial charge in [0.1, 0.15) is 5.75 Å². The van der Waals surface area contributed by atoms with Crippen molar-refractivity contribution in [2.45, 2.75) is 25.5 Å². The molecule has 0 bridgehead atoms. The predicted molar refractivity (Wildman–Crippen MR) is 112 cm³/mol. The molecule has 1 amide bonds. The zero-order chi connectivity index (χ0) is 20.0. The number of halogens is 3. The Kier molecular flexibility index (Phi) is 8.24. The van der Waals surface area contributed by atoms with Gasteiger partial charge in [-0.1, -0.05) is 46.9 Å². The first-order chi connectivity index (χ1) is 12.8. The highest BCUT2D eigenvalue weighted by molar-refractivity contribution is 6.35. The van der Waals surface area contributed by atoms with E-state index in [1.807, 2.05) is 38.4 Å². The van der Waals surface area contributed by atoms with Crippen LogP contribution in [-0.2, 0) is 4.79 Å². The van der Waals surface area contributed by atoms with E-state index in [0.717, 1.165) is 18.5 Å². The number of carbonyl (C=O) groups excluding carboxylic acids is 1. The fourth-order valence-electron chi connectivity index (χ4n) is 2.51. The molecule has 2 aromatic carbocycles. The van der Waals surface area contributed by atoms with Crippen LogP contribution in [0.5, 0.6) is 5.75 Å². The van der Waals surface area contributed by atoms with Gasteiger partial charge in [0.05, 0.1) is 11.1 Å². The molecule has 1 N–H and O–H groups in total. The van der Waals surface area contributed by atoms with E-state index in [0.29, 0.717) is 20.8 Å². The van der Waals surface area contributed by atoms with Gasteiger partial charge < -0.3 is 15.0 Å². The Morgan fingerprint density at radius 1 is 1.07 bits per heavy atom. The fourth-order valence-corrected chi connectivity index (χ4v) is 3.09. The number of hydrogen-bond acceptors (Lipinski definition) is 3. The Labute approximate surface area is 175 Å². The molecule has 0 aliphatic rings. The van der Waals surface area contributed by atoms with Gasteiger partial charge in [-0.25, -0.2) is 0 Å². The third kappa shape index (κ3) is 6.89. The predicted octanol–water partition coefficient (Wildman–Crippen LogP) is 5.22. The summed E-state index contributed by atoms with van der Waals surface area (Å²) in [6.07, 6.45) is 0.0484. The molecule has 0 heterocycles. The summed E-state index contributed by atoms with van der Waals surface area (Å²) < 4.78 is 5.71. The topological polar surface area (TPSA) is 41.6 Å². The first-order valence-electron chi connectivity index (χ1n) is 8.58. The van der Waals surface area contributed by atoms with E-state index in [4.69, 9.17) is 39.5 Å². The Hall–Kier alpha value is -1.46. The monoisotopic (exact) mass is 428 g/mol. The van der Waals surface area contributed by atoms with Crippen molar-refractivity contribution in [3.63, 3.8) is 0 Å². The summed E-state index contributed by atoms with van der Waals surface area (Å²) in [6.45, 7) is 2.51.